The highest BCUT2D eigenvalue weighted by Gasteiger charge is 2.35. The van der Waals surface area contributed by atoms with E-state index in [0.717, 1.165) is 12.0 Å². The number of alkyl halides is 1. The Morgan fingerprint density at radius 3 is 2.67 bits per heavy atom. The molecule has 7 heteroatoms. The van der Waals surface area contributed by atoms with Gasteiger partial charge < -0.3 is 9.64 Å². The standard InChI is InChI=1S/C14H21ClN2O3S/c1-16(2)12-6-7-17(10-12)21(18,19)14-8-11(9-15)4-5-13(14)20-3/h4-5,8,12H,6-7,9-10H2,1-3H3. The van der Waals surface area contributed by atoms with Gasteiger partial charge >= 0.3 is 0 Å². The third kappa shape index (κ3) is 3.34. The van der Waals surface area contributed by atoms with Gasteiger partial charge in [-0.25, -0.2) is 8.42 Å². The fraction of sp³-hybridized carbons (Fsp3) is 0.571. The highest BCUT2D eigenvalue weighted by atomic mass is 35.5. The van der Waals surface area contributed by atoms with E-state index in [1.54, 1.807) is 18.2 Å². The van der Waals surface area contributed by atoms with Crippen LogP contribution >= 0.6 is 11.6 Å². The fourth-order valence-electron chi connectivity index (χ4n) is 2.50. The first-order chi connectivity index (χ1) is 9.90. The maximum Gasteiger partial charge on any atom is 0.246 e. The molecule has 2 rings (SSSR count). The molecule has 0 aliphatic carbocycles. The van der Waals surface area contributed by atoms with Gasteiger partial charge in [0.1, 0.15) is 10.6 Å². The maximum atomic E-state index is 12.8. The number of halogens is 1. The second-order valence-corrected chi connectivity index (χ2v) is 7.56. The second kappa shape index (κ2) is 6.52. The van der Waals surface area contributed by atoms with Crippen LogP contribution in [-0.4, -0.2) is 58.0 Å². The summed E-state index contributed by atoms with van der Waals surface area (Å²) in [5, 5.41) is 0. The number of rotatable bonds is 5. The Kier molecular flexibility index (Phi) is 5.14. The van der Waals surface area contributed by atoms with E-state index in [0.29, 0.717) is 18.8 Å². The van der Waals surface area contributed by atoms with Gasteiger partial charge in [-0.1, -0.05) is 6.07 Å². The molecule has 0 aromatic heterocycles. The van der Waals surface area contributed by atoms with Crippen molar-refractivity contribution >= 4 is 21.6 Å². The molecule has 1 saturated heterocycles. The van der Waals surface area contributed by atoms with E-state index in [1.807, 2.05) is 14.1 Å². The minimum Gasteiger partial charge on any atom is -0.495 e. The van der Waals surface area contributed by atoms with Gasteiger partial charge in [-0.3, -0.25) is 0 Å². The second-order valence-electron chi connectivity index (χ2n) is 5.39. The van der Waals surface area contributed by atoms with Gasteiger partial charge in [0.05, 0.1) is 7.11 Å². The van der Waals surface area contributed by atoms with Gasteiger partial charge in [0.2, 0.25) is 10.0 Å². The Hall–Kier alpha value is -0.820. The topological polar surface area (TPSA) is 49.9 Å². The number of nitrogens with zero attached hydrogens (tertiary/aromatic N) is 2. The molecule has 0 spiro atoms. The molecule has 21 heavy (non-hydrogen) atoms. The summed E-state index contributed by atoms with van der Waals surface area (Å²) in [7, 11) is 1.85. The van der Waals surface area contributed by atoms with Crippen molar-refractivity contribution in [3.05, 3.63) is 23.8 Å². The predicted octanol–water partition coefficient (Wildman–Crippen LogP) is 1.76. The summed E-state index contributed by atoms with van der Waals surface area (Å²) in [6.07, 6.45) is 0.837. The molecule has 0 bridgehead atoms. The van der Waals surface area contributed by atoms with Crippen LogP contribution < -0.4 is 4.74 Å². The summed E-state index contributed by atoms with van der Waals surface area (Å²) < 4.78 is 32.4. The average molecular weight is 333 g/mol. The molecule has 1 atom stereocenters. The lowest BCUT2D eigenvalue weighted by atomic mass is 10.2. The zero-order valence-corrected chi connectivity index (χ0v) is 14.1. The molecular formula is C14H21ClN2O3S. The molecule has 1 fully saturated rings. The van der Waals surface area contributed by atoms with Crippen molar-refractivity contribution in [2.24, 2.45) is 0 Å². The van der Waals surface area contributed by atoms with Crippen LogP contribution in [0.1, 0.15) is 12.0 Å². The largest absolute Gasteiger partial charge is 0.495 e. The number of hydrogen-bond donors (Lipinski definition) is 0. The van der Waals surface area contributed by atoms with Crippen molar-refractivity contribution in [3.8, 4) is 5.75 Å². The highest BCUT2D eigenvalue weighted by Crippen LogP contribution is 2.30. The van der Waals surface area contributed by atoms with Crippen molar-refractivity contribution in [3.63, 3.8) is 0 Å². The molecular weight excluding hydrogens is 312 g/mol. The van der Waals surface area contributed by atoms with E-state index in [9.17, 15) is 8.42 Å². The Bertz CT molecular complexity index is 604. The summed E-state index contributed by atoms with van der Waals surface area (Å²) in [6, 6.07) is 5.29. The SMILES string of the molecule is COc1ccc(CCl)cc1S(=O)(=O)N1CCC(N(C)C)C1. The van der Waals surface area contributed by atoms with E-state index in [2.05, 4.69) is 4.90 Å². The van der Waals surface area contributed by atoms with Crippen LogP contribution in [0.4, 0.5) is 0 Å². The number of likely N-dealkylation sites (N-methyl/N-ethyl adjacent to an activating group) is 1. The molecule has 1 aliphatic heterocycles. The Balaban J connectivity index is 2.36. The Labute approximate surface area is 131 Å². The van der Waals surface area contributed by atoms with Gasteiger partial charge in [0.25, 0.3) is 0 Å². The zero-order valence-electron chi connectivity index (χ0n) is 12.5. The normalized spacial score (nSPS) is 20.1. The Morgan fingerprint density at radius 2 is 2.14 bits per heavy atom. The van der Waals surface area contributed by atoms with Crippen LogP contribution in [0.15, 0.2) is 23.1 Å². The number of sulfonamides is 1. The number of ether oxygens (including phenoxy) is 1. The van der Waals surface area contributed by atoms with Crippen LogP contribution in [-0.2, 0) is 15.9 Å². The lowest BCUT2D eigenvalue weighted by Gasteiger charge is -2.21. The smallest absolute Gasteiger partial charge is 0.246 e. The first-order valence-corrected chi connectivity index (χ1v) is 8.77. The molecule has 5 nitrogen and oxygen atoms in total. The molecule has 1 aromatic rings. The minimum absolute atomic E-state index is 0.197. The summed E-state index contributed by atoms with van der Waals surface area (Å²) in [6.45, 7) is 1.03. The van der Waals surface area contributed by atoms with Crippen LogP contribution in [0.5, 0.6) is 5.75 Å². The van der Waals surface area contributed by atoms with E-state index < -0.39 is 10.0 Å². The Morgan fingerprint density at radius 1 is 1.43 bits per heavy atom. The monoisotopic (exact) mass is 332 g/mol. The fourth-order valence-corrected chi connectivity index (χ4v) is 4.36. The average Bonchev–Trinajstić information content (AvgIpc) is 2.97. The molecule has 1 aliphatic rings. The lowest BCUT2D eigenvalue weighted by molar-refractivity contribution is 0.302. The van der Waals surface area contributed by atoms with Crippen LogP contribution in [0, 0.1) is 0 Å². The van der Waals surface area contributed by atoms with Crippen LogP contribution in [0.3, 0.4) is 0 Å². The van der Waals surface area contributed by atoms with Crippen molar-refractivity contribution < 1.29 is 13.2 Å². The van der Waals surface area contributed by atoms with Gasteiger partial charge in [0, 0.05) is 25.0 Å². The number of methoxy groups -OCH3 is 1. The molecule has 0 N–H and O–H groups in total. The lowest BCUT2D eigenvalue weighted by Crippen LogP contribution is -2.34. The van der Waals surface area contributed by atoms with Crippen molar-refractivity contribution in [2.75, 3.05) is 34.3 Å². The molecule has 1 heterocycles. The first-order valence-electron chi connectivity index (χ1n) is 6.79. The quantitative estimate of drug-likeness (QED) is 0.771. The molecule has 118 valence electrons. The van der Waals surface area contributed by atoms with E-state index in [4.69, 9.17) is 16.3 Å². The molecule has 0 amide bonds. The summed E-state index contributed by atoms with van der Waals surface area (Å²) >= 11 is 5.81. The van der Waals surface area contributed by atoms with Crippen LogP contribution in [0.25, 0.3) is 0 Å². The highest BCUT2D eigenvalue weighted by molar-refractivity contribution is 7.89. The first kappa shape index (κ1) is 16.5. The van der Waals surface area contributed by atoms with E-state index >= 15 is 0 Å². The summed E-state index contributed by atoms with van der Waals surface area (Å²) in [5.41, 5.74) is 0.763. The van der Waals surface area contributed by atoms with Gasteiger partial charge in [-0.05, 0) is 38.2 Å². The third-order valence-electron chi connectivity index (χ3n) is 3.86. The number of benzene rings is 1. The molecule has 1 aromatic carbocycles. The molecule has 1 unspecified atom stereocenters. The van der Waals surface area contributed by atoms with E-state index in [1.165, 1.54) is 11.4 Å². The van der Waals surface area contributed by atoms with Crippen molar-refractivity contribution in [1.82, 2.24) is 9.21 Å². The van der Waals surface area contributed by atoms with Gasteiger partial charge in [-0.2, -0.15) is 4.31 Å². The molecule has 0 radical (unpaired) electrons. The minimum atomic E-state index is -3.56. The molecule has 0 saturated carbocycles. The summed E-state index contributed by atoms with van der Waals surface area (Å²) in [4.78, 5) is 2.25. The van der Waals surface area contributed by atoms with Crippen molar-refractivity contribution in [1.29, 1.82) is 0 Å². The van der Waals surface area contributed by atoms with E-state index in [-0.39, 0.29) is 16.8 Å². The zero-order chi connectivity index (χ0) is 15.6. The van der Waals surface area contributed by atoms with Crippen molar-refractivity contribution in [2.45, 2.75) is 23.2 Å². The van der Waals surface area contributed by atoms with Crippen LogP contribution in [0.2, 0.25) is 0 Å². The van der Waals surface area contributed by atoms with Gasteiger partial charge in [-0.15, -0.1) is 11.6 Å². The summed E-state index contributed by atoms with van der Waals surface area (Å²) in [5.74, 6) is 0.629. The number of hydrogen-bond acceptors (Lipinski definition) is 4. The predicted molar refractivity (Wildman–Crippen MR) is 83.4 cm³/mol. The van der Waals surface area contributed by atoms with Gasteiger partial charge in [0.15, 0.2) is 0 Å². The third-order valence-corrected chi connectivity index (χ3v) is 6.05. The maximum absolute atomic E-state index is 12.8.